The highest BCUT2D eigenvalue weighted by atomic mass is 19.4. The number of piperidine rings is 1. The Morgan fingerprint density at radius 1 is 1.33 bits per heavy atom. The third kappa shape index (κ3) is 4.69. The van der Waals surface area contributed by atoms with E-state index in [2.05, 4.69) is 27.2 Å². The molecule has 0 spiro atoms. The smallest absolute Gasteiger partial charge is 0.452 e. The molecule has 0 saturated carbocycles. The molecule has 0 radical (unpaired) electrons. The second-order valence-corrected chi connectivity index (χ2v) is 6.86. The average molecular weight is 426 g/mol. The Bertz CT molecular complexity index is 937. The summed E-state index contributed by atoms with van der Waals surface area (Å²) in [6.45, 7) is 6.06. The lowest BCUT2D eigenvalue weighted by molar-refractivity contribution is -0.159. The van der Waals surface area contributed by atoms with E-state index in [-0.39, 0.29) is 12.2 Å². The highest BCUT2D eigenvalue weighted by Gasteiger charge is 2.38. The van der Waals surface area contributed by atoms with Gasteiger partial charge in [0.05, 0.1) is 5.92 Å². The number of esters is 1. The molecule has 9 nitrogen and oxygen atoms in total. The van der Waals surface area contributed by atoms with Crippen LogP contribution in [0, 0.1) is 5.92 Å². The number of carbonyl (C=O) groups is 2. The lowest BCUT2D eigenvalue weighted by Crippen LogP contribution is -2.41. The van der Waals surface area contributed by atoms with E-state index in [0.717, 1.165) is 0 Å². The van der Waals surface area contributed by atoms with Crippen LogP contribution in [0.1, 0.15) is 25.6 Å². The van der Waals surface area contributed by atoms with E-state index in [9.17, 15) is 22.8 Å². The molecule has 1 saturated heterocycles. The second kappa shape index (κ2) is 8.67. The summed E-state index contributed by atoms with van der Waals surface area (Å²) in [4.78, 5) is 25.9. The lowest BCUT2D eigenvalue weighted by Gasteiger charge is -2.32. The van der Waals surface area contributed by atoms with Gasteiger partial charge in [0.25, 0.3) is 11.7 Å². The van der Waals surface area contributed by atoms with Crippen LogP contribution >= 0.6 is 0 Å². The molecule has 3 heterocycles. The van der Waals surface area contributed by atoms with Crippen LogP contribution in [0.4, 0.5) is 19.0 Å². The molecule has 1 fully saturated rings. The predicted octanol–water partition coefficient (Wildman–Crippen LogP) is 1.59. The Labute approximate surface area is 169 Å². The van der Waals surface area contributed by atoms with Crippen LogP contribution in [0.25, 0.3) is 5.65 Å². The molecule has 3 rings (SSSR count). The van der Waals surface area contributed by atoms with E-state index in [4.69, 9.17) is 4.74 Å². The van der Waals surface area contributed by atoms with Crippen molar-refractivity contribution in [3.63, 3.8) is 0 Å². The Morgan fingerprint density at radius 3 is 2.67 bits per heavy atom. The Hall–Kier alpha value is -3.18. The summed E-state index contributed by atoms with van der Waals surface area (Å²) in [7, 11) is 0. The summed E-state index contributed by atoms with van der Waals surface area (Å²) in [5.74, 6) is -2.15. The van der Waals surface area contributed by atoms with Crippen molar-refractivity contribution in [2.75, 3.05) is 24.5 Å². The fourth-order valence-corrected chi connectivity index (χ4v) is 3.11. The largest absolute Gasteiger partial charge is 0.453 e. The van der Waals surface area contributed by atoms with Crippen molar-refractivity contribution in [1.82, 2.24) is 25.1 Å². The molecule has 0 bridgehead atoms. The number of halogens is 3. The number of carbonyl (C=O) groups excluding carboxylic acids is 2. The van der Waals surface area contributed by atoms with E-state index >= 15 is 0 Å². The minimum Gasteiger partial charge on any atom is -0.452 e. The summed E-state index contributed by atoms with van der Waals surface area (Å²) in [6.07, 6.45) is -3.22. The first-order valence-corrected chi connectivity index (χ1v) is 9.34. The van der Waals surface area contributed by atoms with E-state index in [1.165, 1.54) is 19.1 Å². The Kier molecular flexibility index (Phi) is 6.22. The monoisotopic (exact) mass is 426 g/mol. The van der Waals surface area contributed by atoms with Crippen LogP contribution in [-0.2, 0) is 20.5 Å². The zero-order valence-electron chi connectivity index (χ0n) is 16.2. The van der Waals surface area contributed by atoms with Crippen molar-refractivity contribution in [2.24, 2.45) is 5.92 Å². The fourth-order valence-electron chi connectivity index (χ4n) is 3.11. The van der Waals surface area contributed by atoms with Gasteiger partial charge in [-0.1, -0.05) is 6.08 Å². The quantitative estimate of drug-likeness (QED) is 0.553. The summed E-state index contributed by atoms with van der Waals surface area (Å²) in [5.41, 5.74) is -0.00624. The molecule has 0 aliphatic carbocycles. The number of ether oxygens (including phenoxy) is 1. The van der Waals surface area contributed by atoms with Crippen molar-refractivity contribution >= 4 is 23.3 Å². The number of alkyl halides is 3. The molecule has 1 aliphatic rings. The number of aromatic nitrogens is 4. The normalized spacial score (nSPS) is 16.3. The molecule has 12 heteroatoms. The van der Waals surface area contributed by atoms with Gasteiger partial charge in [-0.05, 0) is 31.9 Å². The third-order valence-electron chi connectivity index (χ3n) is 4.74. The number of amides is 1. The summed E-state index contributed by atoms with van der Waals surface area (Å²) in [5, 5.41) is 13.2. The maximum Gasteiger partial charge on any atom is 0.453 e. The van der Waals surface area contributed by atoms with Crippen LogP contribution in [0.3, 0.4) is 0 Å². The second-order valence-electron chi connectivity index (χ2n) is 6.86. The first-order valence-electron chi connectivity index (χ1n) is 9.34. The number of hydrogen-bond donors (Lipinski definition) is 1. The topological polar surface area (TPSA) is 102 Å². The van der Waals surface area contributed by atoms with Crippen LogP contribution in [0.15, 0.2) is 24.8 Å². The zero-order valence-corrected chi connectivity index (χ0v) is 16.2. The van der Waals surface area contributed by atoms with Gasteiger partial charge >= 0.3 is 12.1 Å². The van der Waals surface area contributed by atoms with E-state index in [0.29, 0.717) is 36.3 Å². The molecule has 162 valence electrons. The summed E-state index contributed by atoms with van der Waals surface area (Å²) >= 11 is 0. The Morgan fingerprint density at radius 2 is 2.03 bits per heavy atom. The van der Waals surface area contributed by atoms with Gasteiger partial charge < -0.3 is 15.0 Å². The minimum atomic E-state index is -4.67. The first kappa shape index (κ1) is 21.5. The number of anilines is 1. The molecule has 0 aromatic carbocycles. The van der Waals surface area contributed by atoms with Crippen molar-refractivity contribution in [1.29, 1.82) is 0 Å². The maximum absolute atomic E-state index is 13.0. The highest BCUT2D eigenvalue weighted by molar-refractivity contribution is 5.84. The molecule has 0 unspecified atom stereocenters. The standard InChI is InChI=1S/C18H21F3N6O3/c1-3-8-22-15(28)11(2)30-16(29)12-6-9-26(10-7-12)14-5-4-13-23-24-17(18(19,20)21)27(13)25-14/h3-5,11-12H,1,6-10H2,2H3,(H,22,28)/t11-/m1/s1. The number of fused-ring (bicyclic) bond motifs is 1. The summed E-state index contributed by atoms with van der Waals surface area (Å²) in [6, 6.07) is 2.98. The minimum absolute atomic E-state index is 0.00624. The molecule has 2 aromatic heterocycles. The lowest BCUT2D eigenvalue weighted by atomic mass is 9.97. The number of nitrogens with one attached hydrogen (secondary N) is 1. The molecule has 30 heavy (non-hydrogen) atoms. The van der Waals surface area contributed by atoms with Crippen molar-refractivity contribution < 1.29 is 27.5 Å². The molecule has 2 aromatic rings. The van der Waals surface area contributed by atoms with Crippen LogP contribution in [-0.4, -0.2) is 57.4 Å². The van der Waals surface area contributed by atoms with Gasteiger partial charge in [0.2, 0.25) is 0 Å². The molecular weight excluding hydrogens is 405 g/mol. The molecular formula is C18H21F3N6O3. The predicted molar refractivity (Wildman–Crippen MR) is 99.5 cm³/mol. The van der Waals surface area contributed by atoms with Crippen LogP contribution in [0.2, 0.25) is 0 Å². The molecule has 1 atom stereocenters. The number of rotatable bonds is 6. The highest BCUT2D eigenvalue weighted by Crippen LogP contribution is 2.29. The van der Waals surface area contributed by atoms with Gasteiger partial charge in [-0.2, -0.15) is 17.7 Å². The molecule has 1 N–H and O–H groups in total. The third-order valence-corrected chi connectivity index (χ3v) is 4.74. The zero-order chi connectivity index (χ0) is 21.9. The maximum atomic E-state index is 13.0. The molecule has 1 amide bonds. The van der Waals surface area contributed by atoms with E-state index in [1.54, 1.807) is 11.0 Å². The van der Waals surface area contributed by atoms with Gasteiger partial charge in [0.15, 0.2) is 11.8 Å². The van der Waals surface area contributed by atoms with Crippen molar-refractivity contribution in [3.05, 3.63) is 30.6 Å². The van der Waals surface area contributed by atoms with Crippen molar-refractivity contribution in [3.8, 4) is 0 Å². The Balaban J connectivity index is 1.61. The van der Waals surface area contributed by atoms with E-state index < -0.39 is 35.9 Å². The van der Waals surface area contributed by atoms with Gasteiger partial charge in [0.1, 0.15) is 5.82 Å². The molecule has 1 aliphatic heterocycles. The fraction of sp³-hybridized carbons (Fsp3) is 0.500. The number of nitrogens with zero attached hydrogens (tertiary/aromatic N) is 5. The first-order chi connectivity index (χ1) is 14.2. The van der Waals surface area contributed by atoms with Gasteiger partial charge in [-0.15, -0.1) is 21.9 Å². The number of hydrogen-bond acceptors (Lipinski definition) is 7. The van der Waals surface area contributed by atoms with Crippen LogP contribution in [0.5, 0.6) is 0 Å². The summed E-state index contributed by atoms with van der Waals surface area (Å²) < 4.78 is 45.0. The van der Waals surface area contributed by atoms with Gasteiger partial charge in [0, 0.05) is 19.6 Å². The van der Waals surface area contributed by atoms with Gasteiger partial charge in [-0.3, -0.25) is 9.59 Å². The SMILES string of the molecule is C=CCNC(=O)[C@@H](C)OC(=O)C1CCN(c2ccc3nnc(C(F)(F)F)n3n2)CC1. The van der Waals surface area contributed by atoms with E-state index in [1.807, 2.05) is 0 Å². The van der Waals surface area contributed by atoms with Gasteiger partial charge in [-0.25, -0.2) is 0 Å². The average Bonchev–Trinajstić information content (AvgIpc) is 3.15. The van der Waals surface area contributed by atoms with Crippen LogP contribution < -0.4 is 10.2 Å². The van der Waals surface area contributed by atoms with Crippen molar-refractivity contribution in [2.45, 2.75) is 32.0 Å².